The number of hydrogen-bond donors (Lipinski definition) is 1. The second-order valence-electron chi connectivity index (χ2n) is 4.03. The average molecular weight is 247 g/mol. The highest BCUT2D eigenvalue weighted by molar-refractivity contribution is 4.66. The maximum Gasteiger partial charge on any atom is 0.243 e. The van der Waals surface area contributed by atoms with Crippen LogP contribution in [0.4, 0.5) is 0 Å². The number of rotatable bonds is 8. The summed E-state index contributed by atoms with van der Waals surface area (Å²) in [7, 11) is 0. The second kappa shape index (κ2) is 9.67. The molecule has 16 heavy (non-hydrogen) atoms. The third-order valence-corrected chi connectivity index (χ3v) is 2.55. The lowest BCUT2D eigenvalue weighted by Gasteiger charge is -1.97. The van der Waals surface area contributed by atoms with E-state index in [4.69, 9.17) is 5.11 Å². The Morgan fingerprint density at radius 1 is 1.19 bits per heavy atom. The minimum absolute atomic E-state index is 0. The normalized spacial score (nSPS) is 10.1. The fourth-order valence-electron chi connectivity index (χ4n) is 1.72. The van der Waals surface area contributed by atoms with E-state index in [-0.39, 0.29) is 12.4 Å². The molecule has 1 heterocycles. The van der Waals surface area contributed by atoms with Crippen LogP contribution in [0.2, 0.25) is 0 Å². The van der Waals surface area contributed by atoms with Gasteiger partial charge in [0.05, 0.1) is 13.1 Å². The summed E-state index contributed by atoms with van der Waals surface area (Å²) >= 11 is 0. The lowest BCUT2D eigenvalue weighted by molar-refractivity contribution is -0.696. The number of aryl methyl sites for hydroxylation is 2. The molecule has 0 amide bonds. The van der Waals surface area contributed by atoms with Gasteiger partial charge in [0.15, 0.2) is 0 Å². The van der Waals surface area contributed by atoms with Crippen molar-refractivity contribution in [3.63, 3.8) is 0 Å². The van der Waals surface area contributed by atoms with Crippen LogP contribution < -0.4 is 17.0 Å². The van der Waals surface area contributed by atoms with Gasteiger partial charge in [-0.3, -0.25) is 0 Å². The summed E-state index contributed by atoms with van der Waals surface area (Å²) in [6, 6.07) is 0. The van der Waals surface area contributed by atoms with E-state index in [1.807, 2.05) is 0 Å². The van der Waals surface area contributed by atoms with E-state index in [1.54, 1.807) is 0 Å². The van der Waals surface area contributed by atoms with Crippen molar-refractivity contribution in [1.82, 2.24) is 4.57 Å². The molecule has 0 fully saturated rings. The smallest absolute Gasteiger partial charge is 0.243 e. The first-order valence-corrected chi connectivity index (χ1v) is 6.02. The Labute approximate surface area is 105 Å². The molecule has 4 heteroatoms. The van der Waals surface area contributed by atoms with Crippen LogP contribution in [-0.2, 0) is 13.1 Å². The first kappa shape index (κ1) is 15.5. The number of halogens is 1. The fraction of sp³-hybridized carbons (Fsp3) is 0.750. The summed E-state index contributed by atoms with van der Waals surface area (Å²) in [5.74, 6) is 0. The zero-order chi connectivity index (χ0) is 10.9. The van der Waals surface area contributed by atoms with Gasteiger partial charge in [-0.1, -0.05) is 13.3 Å². The number of aliphatic hydroxyl groups excluding tert-OH is 1. The Kier molecular flexibility index (Phi) is 9.34. The highest BCUT2D eigenvalue weighted by Gasteiger charge is 2.01. The van der Waals surface area contributed by atoms with E-state index in [0.717, 1.165) is 25.9 Å². The number of unbranched alkanes of at least 4 members (excludes halogenated alkanes) is 3. The molecule has 0 aliphatic rings. The molecule has 0 bridgehead atoms. The van der Waals surface area contributed by atoms with Gasteiger partial charge >= 0.3 is 0 Å². The summed E-state index contributed by atoms with van der Waals surface area (Å²) in [6.07, 6.45) is 12.2. The van der Waals surface area contributed by atoms with Crippen LogP contribution >= 0.6 is 0 Å². The Morgan fingerprint density at radius 2 is 1.94 bits per heavy atom. The van der Waals surface area contributed by atoms with Crippen LogP contribution in [0.3, 0.4) is 0 Å². The summed E-state index contributed by atoms with van der Waals surface area (Å²) in [5, 5.41) is 8.64. The van der Waals surface area contributed by atoms with Crippen molar-refractivity contribution < 1.29 is 22.1 Å². The van der Waals surface area contributed by atoms with Crippen LogP contribution in [0.5, 0.6) is 0 Å². The van der Waals surface area contributed by atoms with Gasteiger partial charge < -0.3 is 17.5 Å². The van der Waals surface area contributed by atoms with Gasteiger partial charge in [0, 0.05) is 6.61 Å². The van der Waals surface area contributed by atoms with E-state index in [9.17, 15) is 0 Å². The molecule has 0 radical (unpaired) electrons. The number of imidazole rings is 1. The monoisotopic (exact) mass is 246 g/mol. The van der Waals surface area contributed by atoms with Crippen molar-refractivity contribution in [3.05, 3.63) is 18.7 Å². The maximum atomic E-state index is 8.64. The highest BCUT2D eigenvalue weighted by atomic mass is 35.5. The lowest BCUT2D eigenvalue weighted by atomic mass is 10.2. The van der Waals surface area contributed by atoms with E-state index >= 15 is 0 Å². The molecule has 1 N–H and O–H groups in total. The van der Waals surface area contributed by atoms with Gasteiger partial charge in [-0.2, -0.15) is 0 Å². The fourth-order valence-corrected chi connectivity index (χ4v) is 1.72. The van der Waals surface area contributed by atoms with E-state index in [0.29, 0.717) is 6.61 Å². The third-order valence-electron chi connectivity index (χ3n) is 2.55. The largest absolute Gasteiger partial charge is 1.00 e. The predicted molar refractivity (Wildman–Crippen MR) is 60.5 cm³/mol. The summed E-state index contributed by atoms with van der Waals surface area (Å²) in [6.45, 7) is 4.74. The number of hydrogen-bond acceptors (Lipinski definition) is 1. The minimum Gasteiger partial charge on any atom is -1.00 e. The van der Waals surface area contributed by atoms with Crippen molar-refractivity contribution >= 4 is 0 Å². The van der Waals surface area contributed by atoms with Crippen molar-refractivity contribution in [1.29, 1.82) is 0 Å². The molecular weight excluding hydrogens is 224 g/mol. The van der Waals surface area contributed by atoms with E-state index in [1.165, 1.54) is 19.3 Å². The van der Waals surface area contributed by atoms with Gasteiger partial charge in [-0.05, 0) is 25.7 Å². The molecule has 0 unspecified atom stereocenters. The first-order chi connectivity index (χ1) is 7.36. The molecular formula is C12H23ClN2O. The molecule has 94 valence electrons. The number of aromatic nitrogens is 2. The molecule has 0 spiro atoms. The summed E-state index contributed by atoms with van der Waals surface area (Å²) in [5.41, 5.74) is 0. The standard InChI is InChI=1S/C12H23N2O.ClH/c1-2-7-13-9-10-14(12-13)8-5-3-4-6-11-15;/h9-10,12,15H,2-8,11H2,1H3;1H/q+1;/p-1. The van der Waals surface area contributed by atoms with Crippen LogP contribution in [-0.4, -0.2) is 16.3 Å². The Morgan fingerprint density at radius 3 is 2.62 bits per heavy atom. The van der Waals surface area contributed by atoms with Crippen LogP contribution in [0.15, 0.2) is 18.7 Å². The van der Waals surface area contributed by atoms with Gasteiger partial charge in [0.2, 0.25) is 6.33 Å². The molecule has 0 saturated carbocycles. The van der Waals surface area contributed by atoms with Crippen LogP contribution in [0, 0.1) is 0 Å². The average Bonchev–Trinajstić information content (AvgIpc) is 2.66. The molecule has 1 aromatic rings. The molecule has 1 aromatic heterocycles. The Bertz CT molecular complexity index is 263. The van der Waals surface area contributed by atoms with Gasteiger partial charge in [0.25, 0.3) is 0 Å². The SMILES string of the molecule is CCC[n+]1ccn(CCCCCCO)c1.[Cl-]. The van der Waals surface area contributed by atoms with Gasteiger partial charge in [-0.15, -0.1) is 0 Å². The zero-order valence-corrected chi connectivity index (χ0v) is 10.9. The zero-order valence-electron chi connectivity index (χ0n) is 10.1. The van der Waals surface area contributed by atoms with E-state index < -0.39 is 0 Å². The van der Waals surface area contributed by atoms with Crippen molar-refractivity contribution in [3.8, 4) is 0 Å². The number of nitrogens with zero attached hydrogens (tertiary/aromatic N) is 2. The molecule has 0 aromatic carbocycles. The second-order valence-corrected chi connectivity index (χ2v) is 4.03. The van der Waals surface area contributed by atoms with Gasteiger partial charge in [0.1, 0.15) is 12.4 Å². The predicted octanol–water partition coefficient (Wildman–Crippen LogP) is -1.26. The maximum absolute atomic E-state index is 8.64. The molecule has 1 rings (SSSR count). The van der Waals surface area contributed by atoms with Gasteiger partial charge in [-0.25, -0.2) is 9.13 Å². The topological polar surface area (TPSA) is 29.0 Å². The van der Waals surface area contributed by atoms with Crippen molar-refractivity contribution in [2.24, 2.45) is 0 Å². The van der Waals surface area contributed by atoms with E-state index in [2.05, 4.69) is 34.8 Å². The molecule has 0 atom stereocenters. The molecule has 3 nitrogen and oxygen atoms in total. The summed E-state index contributed by atoms with van der Waals surface area (Å²) in [4.78, 5) is 0. The molecule has 0 aliphatic heterocycles. The third kappa shape index (κ3) is 6.13. The first-order valence-electron chi connectivity index (χ1n) is 6.02. The highest BCUT2D eigenvalue weighted by Crippen LogP contribution is 2.01. The summed E-state index contributed by atoms with van der Waals surface area (Å²) < 4.78 is 4.47. The molecule has 0 saturated heterocycles. The Balaban J connectivity index is 0.00000225. The minimum atomic E-state index is 0. The number of aliphatic hydroxyl groups is 1. The quantitative estimate of drug-likeness (QED) is 0.451. The van der Waals surface area contributed by atoms with Crippen LogP contribution in [0.25, 0.3) is 0 Å². The lowest BCUT2D eigenvalue weighted by Crippen LogP contribution is -3.00. The van der Waals surface area contributed by atoms with Crippen LogP contribution in [0.1, 0.15) is 39.0 Å². The molecule has 0 aliphatic carbocycles. The van der Waals surface area contributed by atoms with Crippen molar-refractivity contribution in [2.45, 2.75) is 52.1 Å². The Hall–Kier alpha value is -0.540. The van der Waals surface area contributed by atoms with Crippen molar-refractivity contribution in [2.75, 3.05) is 6.61 Å².